The summed E-state index contributed by atoms with van der Waals surface area (Å²) in [6.07, 6.45) is 1.64. The van der Waals surface area contributed by atoms with E-state index in [1.54, 1.807) is 74.5 Å². The standard InChI is InChI=1S/C31H28N2O8S/c1-6-40-30(36)26-17(2)32-31-33(27(26)22-15-20(37-3)11-14-24(22)38-4)28(34)25(42-31)16-21-12-13-23(41-21)18-7-9-19(10-8-18)29(35)39-5/h7-16,27H,6H2,1-5H3/b25-16-. The fraction of sp³-hybridized carbons (Fsp3) is 0.226. The van der Waals surface area contributed by atoms with Crippen molar-refractivity contribution in [2.24, 2.45) is 4.99 Å². The van der Waals surface area contributed by atoms with Gasteiger partial charge in [0.1, 0.15) is 29.1 Å². The second-order valence-corrected chi connectivity index (χ2v) is 10.2. The van der Waals surface area contributed by atoms with Gasteiger partial charge >= 0.3 is 11.9 Å². The van der Waals surface area contributed by atoms with Crippen LogP contribution in [0.5, 0.6) is 11.5 Å². The molecule has 2 aromatic heterocycles. The maximum atomic E-state index is 13.9. The number of nitrogens with zero attached hydrogens (tertiary/aromatic N) is 2. The molecule has 0 N–H and O–H groups in total. The van der Waals surface area contributed by atoms with E-state index in [-0.39, 0.29) is 17.7 Å². The van der Waals surface area contributed by atoms with Crippen LogP contribution >= 0.6 is 11.3 Å². The van der Waals surface area contributed by atoms with Gasteiger partial charge in [-0.3, -0.25) is 9.36 Å². The minimum atomic E-state index is -0.868. The Hall–Kier alpha value is -4.90. The SMILES string of the molecule is CCOC(=O)C1=C(C)N=c2s/c(=C\c3ccc(-c4ccc(C(=O)OC)cc4)o3)c(=O)n2C1c1cc(OC)ccc1OC. The zero-order chi connectivity index (χ0) is 30.0. The van der Waals surface area contributed by atoms with E-state index in [0.717, 1.165) is 5.56 Å². The van der Waals surface area contributed by atoms with E-state index in [9.17, 15) is 14.4 Å². The molecule has 11 heteroatoms. The molecule has 5 rings (SSSR count). The highest BCUT2D eigenvalue weighted by atomic mass is 32.1. The number of thiazole rings is 1. The number of carbonyl (C=O) groups excluding carboxylic acids is 2. The van der Waals surface area contributed by atoms with Crippen molar-refractivity contribution in [1.82, 2.24) is 4.57 Å². The van der Waals surface area contributed by atoms with Crippen molar-refractivity contribution in [3.8, 4) is 22.8 Å². The highest BCUT2D eigenvalue weighted by Crippen LogP contribution is 2.37. The maximum Gasteiger partial charge on any atom is 0.338 e. The van der Waals surface area contributed by atoms with Gasteiger partial charge in [0.15, 0.2) is 4.80 Å². The van der Waals surface area contributed by atoms with Crippen molar-refractivity contribution in [1.29, 1.82) is 0 Å². The lowest BCUT2D eigenvalue weighted by Gasteiger charge is -2.26. The van der Waals surface area contributed by atoms with E-state index in [1.165, 1.54) is 37.2 Å². The predicted molar refractivity (Wildman–Crippen MR) is 155 cm³/mol. The minimum Gasteiger partial charge on any atom is -0.497 e. The maximum absolute atomic E-state index is 13.9. The number of esters is 2. The van der Waals surface area contributed by atoms with E-state index in [0.29, 0.717) is 49.2 Å². The van der Waals surface area contributed by atoms with E-state index in [1.807, 2.05) is 0 Å². The predicted octanol–water partition coefficient (Wildman–Crippen LogP) is 3.86. The first-order valence-electron chi connectivity index (χ1n) is 13.0. The topological polar surface area (TPSA) is 119 Å². The summed E-state index contributed by atoms with van der Waals surface area (Å²) in [4.78, 5) is 43.9. The highest BCUT2D eigenvalue weighted by molar-refractivity contribution is 7.07. The average molecular weight is 589 g/mol. The Kier molecular flexibility index (Phi) is 8.12. The lowest BCUT2D eigenvalue weighted by molar-refractivity contribution is -0.139. The number of allylic oxidation sites excluding steroid dienone is 1. The number of furan rings is 1. The van der Waals surface area contributed by atoms with Gasteiger partial charge < -0.3 is 23.4 Å². The molecule has 42 heavy (non-hydrogen) atoms. The second-order valence-electron chi connectivity index (χ2n) is 9.18. The summed E-state index contributed by atoms with van der Waals surface area (Å²) in [6, 6.07) is 14.7. The van der Waals surface area contributed by atoms with Gasteiger partial charge in [-0.25, -0.2) is 14.6 Å². The summed E-state index contributed by atoms with van der Waals surface area (Å²) < 4.78 is 29.0. The van der Waals surface area contributed by atoms with Crippen LogP contribution in [0.1, 0.15) is 41.6 Å². The summed E-state index contributed by atoms with van der Waals surface area (Å²) >= 11 is 1.18. The van der Waals surface area contributed by atoms with Crippen LogP contribution in [0.15, 0.2) is 80.1 Å². The number of carbonyl (C=O) groups is 2. The van der Waals surface area contributed by atoms with Crippen LogP contribution in [0, 0.1) is 0 Å². The molecule has 0 aliphatic carbocycles. The third kappa shape index (κ3) is 5.26. The molecule has 0 amide bonds. The lowest BCUT2D eigenvalue weighted by atomic mass is 9.95. The monoisotopic (exact) mass is 588 g/mol. The quantitative estimate of drug-likeness (QED) is 0.285. The Labute approximate surface area is 244 Å². The van der Waals surface area contributed by atoms with Crippen LogP contribution in [0.4, 0.5) is 0 Å². The smallest absolute Gasteiger partial charge is 0.338 e. The third-order valence-corrected chi connectivity index (χ3v) is 7.72. The van der Waals surface area contributed by atoms with Crippen LogP contribution in [0.2, 0.25) is 0 Å². The number of benzene rings is 2. The molecule has 0 saturated heterocycles. The first kappa shape index (κ1) is 28.6. The first-order valence-corrected chi connectivity index (χ1v) is 13.8. The molecule has 0 spiro atoms. The lowest BCUT2D eigenvalue weighted by Crippen LogP contribution is -2.40. The van der Waals surface area contributed by atoms with Gasteiger partial charge in [0, 0.05) is 17.2 Å². The number of rotatable bonds is 8. The molecule has 0 radical (unpaired) electrons. The molecule has 3 heterocycles. The van der Waals surface area contributed by atoms with Crippen LogP contribution in [-0.2, 0) is 14.3 Å². The molecule has 1 aliphatic rings. The number of ether oxygens (including phenoxy) is 4. The molecular weight excluding hydrogens is 560 g/mol. The summed E-state index contributed by atoms with van der Waals surface area (Å²) in [5.41, 5.74) is 2.04. The number of hydrogen-bond donors (Lipinski definition) is 0. The van der Waals surface area contributed by atoms with Crippen molar-refractivity contribution >= 4 is 29.4 Å². The summed E-state index contributed by atoms with van der Waals surface area (Å²) in [7, 11) is 4.39. The van der Waals surface area contributed by atoms with E-state index < -0.39 is 18.0 Å². The van der Waals surface area contributed by atoms with Crippen LogP contribution in [-0.4, -0.2) is 44.4 Å². The van der Waals surface area contributed by atoms with Gasteiger partial charge in [0.2, 0.25) is 0 Å². The summed E-state index contributed by atoms with van der Waals surface area (Å²) in [5, 5.41) is 0. The third-order valence-electron chi connectivity index (χ3n) is 6.74. The van der Waals surface area contributed by atoms with E-state index in [4.69, 9.17) is 23.4 Å². The van der Waals surface area contributed by atoms with E-state index in [2.05, 4.69) is 4.99 Å². The normalized spacial score (nSPS) is 14.7. The molecule has 1 aliphatic heterocycles. The molecule has 1 atom stereocenters. The Morgan fingerprint density at radius 1 is 1.02 bits per heavy atom. The van der Waals surface area contributed by atoms with E-state index >= 15 is 0 Å². The molecule has 10 nitrogen and oxygen atoms in total. The zero-order valence-electron chi connectivity index (χ0n) is 23.6. The average Bonchev–Trinajstić information content (AvgIpc) is 3.59. The summed E-state index contributed by atoms with van der Waals surface area (Å²) in [6.45, 7) is 3.59. The van der Waals surface area contributed by atoms with Gasteiger partial charge in [0.25, 0.3) is 5.56 Å². The molecular formula is C31H28N2O8S. The Bertz CT molecular complexity index is 1880. The van der Waals surface area contributed by atoms with Crippen molar-refractivity contribution in [2.45, 2.75) is 19.9 Å². The van der Waals surface area contributed by atoms with Crippen LogP contribution < -0.4 is 24.4 Å². The second kappa shape index (κ2) is 11.9. The number of hydrogen-bond acceptors (Lipinski definition) is 10. The molecule has 1 unspecified atom stereocenters. The van der Waals surface area contributed by atoms with Crippen LogP contribution in [0.3, 0.4) is 0 Å². The minimum absolute atomic E-state index is 0.161. The fourth-order valence-corrected chi connectivity index (χ4v) is 5.77. The molecule has 0 bridgehead atoms. The molecule has 0 fully saturated rings. The zero-order valence-corrected chi connectivity index (χ0v) is 24.4. The number of methoxy groups -OCH3 is 3. The van der Waals surface area contributed by atoms with Gasteiger partial charge in [0.05, 0.1) is 49.3 Å². The largest absolute Gasteiger partial charge is 0.497 e. The molecule has 0 saturated carbocycles. The van der Waals surface area contributed by atoms with Crippen molar-refractivity contribution < 1.29 is 33.0 Å². The van der Waals surface area contributed by atoms with Gasteiger partial charge in [-0.05, 0) is 56.3 Å². The first-order chi connectivity index (χ1) is 20.3. The Balaban J connectivity index is 1.62. The number of fused-ring (bicyclic) bond motifs is 1. The van der Waals surface area contributed by atoms with Crippen molar-refractivity contribution in [2.75, 3.05) is 27.9 Å². The Morgan fingerprint density at radius 2 is 1.79 bits per heavy atom. The molecule has 2 aromatic carbocycles. The Morgan fingerprint density at radius 3 is 2.45 bits per heavy atom. The fourth-order valence-electron chi connectivity index (χ4n) is 4.74. The van der Waals surface area contributed by atoms with Gasteiger partial charge in [-0.15, -0.1) is 0 Å². The molecule has 216 valence electrons. The van der Waals surface area contributed by atoms with Crippen LogP contribution in [0.25, 0.3) is 17.4 Å². The number of aromatic nitrogens is 1. The van der Waals surface area contributed by atoms with Gasteiger partial charge in [-0.2, -0.15) is 0 Å². The summed E-state index contributed by atoms with van der Waals surface area (Å²) in [5.74, 6) is 1.02. The van der Waals surface area contributed by atoms with Gasteiger partial charge in [-0.1, -0.05) is 23.5 Å². The van der Waals surface area contributed by atoms with Crippen molar-refractivity contribution in [3.63, 3.8) is 0 Å². The molecule has 4 aromatic rings. The van der Waals surface area contributed by atoms with Crippen molar-refractivity contribution in [3.05, 3.63) is 102 Å². The highest BCUT2D eigenvalue weighted by Gasteiger charge is 2.35.